The molecule has 1 saturated carbocycles. The SMILES string of the molecule is COC1NC(=O)C2C(O)CCN2C(=O)C(C(O)CCN)NC(=O)C(C(O)C(O)c2ccc(O)cc2)NC(=O)C2CC(O)CN2C(=O)C(C(C)O)NC(=O)C(NC(=O)c2ccc(-c3ccc(OCCN4CCC(CC5CCCCC5)CC4)cc3)cc2)CC1O. The zero-order chi connectivity index (χ0) is 63.3. The number of benzene rings is 3. The van der Waals surface area contributed by atoms with Crippen LogP contribution in [0.3, 0.4) is 0 Å². The van der Waals surface area contributed by atoms with E-state index in [1.807, 2.05) is 24.3 Å². The average molecular weight is 1230 g/mol. The molecule has 15 N–H and O–H groups in total. The van der Waals surface area contributed by atoms with E-state index in [9.17, 15) is 74.4 Å². The third-order valence-electron chi connectivity index (χ3n) is 17.8. The van der Waals surface area contributed by atoms with Crippen LogP contribution in [0.5, 0.6) is 11.5 Å². The molecule has 14 atom stereocenters. The number of piperidine rings is 1. The second kappa shape index (κ2) is 31.1. The van der Waals surface area contributed by atoms with Gasteiger partial charge in [0.2, 0.25) is 35.4 Å². The van der Waals surface area contributed by atoms with Gasteiger partial charge >= 0.3 is 0 Å². The van der Waals surface area contributed by atoms with Crippen molar-refractivity contribution in [3.05, 3.63) is 83.9 Å². The second-order valence-electron chi connectivity index (χ2n) is 24.1. The third-order valence-corrected chi connectivity index (χ3v) is 17.8. The van der Waals surface area contributed by atoms with Crippen LogP contribution in [0.25, 0.3) is 11.1 Å². The topological polar surface area (TPSA) is 396 Å². The molecule has 0 bridgehead atoms. The Bertz CT molecular complexity index is 2840. The molecule has 88 heavy (non-hydrogen) atoms. The van der Waals surface area contributed by atoms with Crippen LogP contribution >= 0.6 is 0 Å². The van der Waals surface area contributed by atoms with Gasteiger partial charge in [-0.05, 0) is 124 Å². The molecule has 26 heteroatoms. The lowest BCUT2D eigenvalue weighted by molar-refractivity contribution is -0.149. The van der Waals surface area contributed by atoms with E-state index in [0.29, 0.717) is 12.4 Å². The maximum atomic E-state index is 14.6. The summed E-state index contributed by atoms with van der Waals surface area (Å²) in [6.07, 6.45) is -5.63. The molecule has 7 amide bonds. The maximum Gasteiger partial charge on any atom is 0.251 e. The van der Waals surface area contributed by atoms with Gasteiger partial charge in [0.1, 0.15) is 72.7 Å². The molecule has 482 valence electrons. The molecular weight excluding hydrogens is 1140 g/mol. The van der Waals surface area contributed by atoms with Gasteiger partial charge in [-0.1, -0.05) is 68.5 Å². The molecule has 26 nitrogen and oxygen atoms in total. The Kier molecular flexibility index (Phi) is 23.7. The highest BCUT2D eigenvalue weighted by molar-refractivity contribution is 6.00. The number of amides is 7. The number of carbonyl (C=O) groups excluding carboxylic acids is 7. The number of aromatic hydroxyl groups is 1. The molecule has 0 spiro atoms. The first-order chi connectivity index (χ1) is 42.1. The number of methoxy groups -OCH3 is 1. The van der Waals surface area contributed by atoms with Crippen molar-refractivity contribution < 1.29 is 83.9 Å². The number of phenolic OH excluding ortho intramolecular Hbond substituents is 1. The molecule has 4 heterocycles. The molecule has 14 unspecified atom stereocenters. The summed E-state index contributed by atoms with van der Waals surface area (Å²) in [4.78, 5) is 105. The van der Waals surface area contributed by atoms with Crippen LogP contribution in [0.2, 0.25) is 0 Å². The Morgan fingerprint density at radius 1 is 0.682 bits per heavy atom. The minimum absolute atomic E-state index is 0.0490. The number of carbonyl (C=O) groups is 7. The highest BCUT2D eigenvalue weighted by Gasteiger charge is 2.49. The van der Waals surface area contributed by atoms with Crippen molar-refractivity contribution in [3.8, 4) is 22.6 Å². The normalized spacial score (nSPS) is 28.4. The van der Waals surface area contributed by atoms with Crippen LogP contribution < -0.4 is 37.1 Å². The quantitative estimate of drug-likeness (QED) is 0.0742. The van der Waals surface area contributed by atoms with Crippen molar-refractivity contribution in [2.24, 2.45) is 17.6 Å². The zero-order valence-electron chi connectivity index (χ0n) is 49.8. The number of hydrogen-bond acceptors (Lipinski definition) is 19. The molecule has 5 fully saturated rings. The van der Waals surface area contributed by atoms with Gasteiger partial charge in [0.05, 0.1) is 24.4 Å². The number of phenols is 1. The molecule has 0 aromatic heterocycles. The molecular formula is C62H87N9O17. The predicted molar refractivity (Wildman–Crippen MR) is 317 cm³/mol. The fraction of sp³-hybridized carbons (Fsp3) is 0.597. The fourth-order valence-electron chi connectivity index (χ4n) is 12.7. The van der Waals surface area contributed by atoms with E-state index in [1.165, 1.54) is 75.6 Å². The monoisotopic (exact) mass is 1230 g/mol. The molecule has 8 rings (SSSR count). The van der Waals surface area contributed by atoms with Crippen LogP contribution in [0.4, 0.5) is 0 Å². The number of aliphatic hydroxyl groups is 7. The number of ether oxygens (including phenoxy) is 2. The van der Waals surface area contributed by atoms with E-state index in [4.69, 9.17) is 15.2 Å². The largest absolute Gasteiger partial charge is 0.508 e. The summed E-state index contributed by atoms with van der Waals surface area (Å²) in [5, 5.41) is 102. The van der Waals surface area contributed by atoms with Gasteiger partial charge in [0.25, 0.3) is 5.91 Å². The molecule has 5 aliphatic rings. The smallest absolute Gasteiger partial charge is 0.251 e. The molecule has 3 aromatic carbocycles. The van der Waals surface area contributed by atoms with Crippen molar-refractivity contribution in [1.29, 1.82) is 0 Å². The number of nitrogens with one attached hydrogen (secondary N) is 5. The van der Waals surface area contributed by atoms with E-state index in [2.05, 4.69) is 31.5 Å². The highest BCUT2D eigenvalue weighted by atomic mass is 16.5. The summed E-state index contributed by atoms with van der Waals surface area (Å²) in [6.45, 7) is 3.52. The van der Waals surface area contributed by atoms with Crippen molar-refractivity contribution in [3.63, 3.8) is 0 Å². The van der Waals surface area contributed by atoms with Crippen LogP contribution in [-0.4, -0.2) is 229 Å². The van der Waals surface area contributed by atoms with Gasteiger partial charge in [0.15, 0.2) is 6.23 Å². The molecule has 0 radical (unpaired) electrons. The van der Waals surface area contributed by atoms with E-state index in [0.717, 1.165) is 78.6 Å². The molecule has 3 aromatic rings. The molecule has 4 aliphatic heterocycles. The van der Waals surface area contributed by atoms with Crippen molar-refractivity contribution in [2.45, 2.75) is 169 Å². The van der Waals surface area contributed by atoms with E-state index in [-0.39, 0.29) is 42.8 Å². The first-order valence-corrected chi connectivity index (χ1v) is 30.6. The average Bonchev–Trinajstić information content (AvgIpc) is 2.52. The van der Waals surface area contributed by atoms with Crippen LogP contribution in [0.1, 0.15) is 106 Å². The van der Waals surface area contributed by atoms with E-state index in [1.54, 1.807) is 12.1 Å². The Hall–Kier alpha value is -6.85. The first kappa shape index (κ1) is 67.1. The zero-order valence-corrected chi connectivity index (χ0v) is 49.8. The van der Waals surface area contributed by atoms with Crippen molar-refractivity contribution in [2.75, 3.05) is 53.0 Å². The second-order valence-corrected chi connectivity index (χ2v) is 24.1. The number of hydrogen-bond donors (Lipinski definition) is 14. The lowest BCUT2D eigenvalue weighted by Gasteiger charge is -2.34. The van der Waals surface area contributed by atoms with Crippen LogP contribution in [0, 0.1) is 11.8 Å². The summed E-state index contributed by atoms with van der Waals surface area (Å²) in [6, 6.07) is 7.13. The van der Waals surface area contributed by atoms with Crippen LogP contribution in [0.15, 0.2) is 72.8 Å². The Labute approximate surface area is 511 Å². The van der Waals surface area contributed by atoms with Gasteiger partial charge in [-0.3, -0.25) is 38.5 Å². The van der Waals surface area contributed by atoms with Crippen LogP contribution in [-0.2, 0) is 33.5 Å². The lowest BCUT2D eigenvalue weighted by Crippen LogP contribution is -2.64. The lowest BCUT2D eigenvalue weighted by atomic mass is 9.80. The number of likely N-dealkylation sites (tertiary alicyclic amines) is 1. The highest BCUT2D eigenvalue weighted by Crippen LogP contribution is 2.34. The standard InChI is InChI=1S/C62H87N9O17/c1-34(72)49-61(85)71-33-42(74)31-45(71)57(82)67-51(54(79)53(78)39-12-16-41(73)17-13-39)58(83)66-50(46(75)20-24-63)62(86)70-27-23-47(76)52(70)59(84)68-60(87-2)48(77)32-44(56(81)65-49)64-55(80)40-10-8-37(9-11-40)38-14-18-43(19-15-38)88-29-28-69-25-21-36(22-26-69)30-35-6-4-3-5-7-35/h8-19,34-36,42,44-54,60,72-79H,3-7,20-33,63H2,1-2H3,(H,64,80)(H,65,81)(H,66,83)(H,67,82)(H,68,84). The van der Waals surface area contributed by atoms with Gasteiger partial charge in [-0.2, -0.15) is 0 Å². The minimum Gasteiger partial charge on any atom is -0.508 e. The summed E-state index contributed by atoms with van der Waals surface area (Å²) in [7, 11) is 1.08. The Balaban J connectivity index is 1.02. The van der Waals surface area contributed by atoms with Crippen molar-refractivity contribution in [1.82, 2.24) is 41.3 Å². The molecule has 4 saturated heterocycles. The first-order valence-electron chi connectivity index (χ1n) is 30.6. The minimum atomic E-state index is -2.30. The van der Waals surface area contributed by atoms with Gasteiger partial charge in [0, 0.05) is 45.1 Å². The number of nitrogens with zero attached hydrogens (tertiary/aromatic N) is 3. The van der Waals surface area contributed by atoms with Gasteiger partial charge < -0.3 is 92.4 Å². The number of fused-ring (bicyclic) bond motifs is 2. The third kappa shape index (κ3) is 16.9. The van der Waals surface area contributed by atoms with Crippen molar-refractivity contribution >= 4 is 41.4 Å². The summed E-state index contributed by atoms with van der Waals surface area (Å²) in [5.41, 5.74) is 7.29. The molecule has 1 aliphatic carbocycles. The summed E-state index contributed by atoms with van der Waals surface area (Å²) >= 11 is 0. The predicted octanol–water partition coefficient (Wildman–Crippen LogP) is -1.36. The number of rotatable bonds is 17. The van der Waals surface area contributed by atoms with Gasteiger partial charge in [-0.25, -0.2) is 0 Å². The number of aliphatic hydroxyl groups excluding tert-OH is 7. The Morgan fingerprint density at radius 2 is 1.30 bits per heavy atom. The summed E-state index contributed by atoms with van der Waals surface area (Å²) in [5.74, 6) is -5.87. The van der Waals surface area contributed by atoms with E-state index >= 15 is 0 Å². The van der Waals surface area contributed by atoms with E-state index < -0.39 is 146 Å². The number of nitrogens with two attached hydrogens (primary N) is 1. The fourth-order valence-corrected chi connectivity index (χ4v) is 12.7. The Morgan fingerprint density at radius 3 is 1.93 bits per heavy atom. The van der Waals surface area contributed by atoms with Gasteiger partial charge in [-0.15, -0.1) is 0 Å². The summed E-state index contributed by atoms with van der Waals surface area (Å²) < 4.78 is 11.6. The maximum absolute atomic E-state index is 14.6.